The Morgan fingerprint density at radius 1 is 0.800 bits per heavy atom. The molecule has 0 fully saturated rings. The summed E-state index contributed by atoms with van der Waals surface area (Å²) >= 11 is 0. The molecule has 1 heteroatoms. The SMILES string of the molecule is CC=CCC=CCCCCCCCCO. The zero-order valence-corrected chi connectivity index (χ0v) is 10.1. The van der Waals surface area contributed by atoms with Gasteiger partial charge in [0.25, 0.3) is 0 Å². The van der Waals surface area contributed by atoms with Gasteiger partial charge in [-0.2, -0.15) is 0 Å². The lowest BCUT2D eigenvalue weighted by molar-refractivity contribution is 0.282. The van der Waals surface area contributed by atoms with Crippen molar-refractivity contribution in [3.05, 3.63) is 24.3 Å². The molecule has 0 saturated heterocycles. The van der Waals surface area contributed by atoms with Crippen molar-refractivity contribution in [1.82, 2.24) is 0 Å². The zero-order valence-electron chi connectivity index (χ0n) is 10.1. The number of hydrogen-bond acceptors (Lipinski definition) is 1. The van der Waals surface area contributed by atoms with E-state index in [1.807, 2.05) is 0 Å². The van der Waals surface area contributed by atoms with Crippen molar-refractivity contribution in [3.8, 4) is 0 Å². The Morgan fingerprint density at radius 2 is 1.47 bits per heavy atom. The van der Waals surface area contributed by atoms with Crippen molar-refractivity contribution in [3.63, 3.8) is 0 Å². The number of aliphatic hydroxyl groups excluding tert-OH is 1. The van der Waals surface area contributed by atoms with E-state index in [4.69, 9.17) is 5.11 Å². The first kappa shape index (κ1) is 14.4. The molecular formula is C14H26O. The van der Waals surface area contributed by atoms with Crippen molar-refractivity contribution in [1.29, 1.82) is 0 Å². The fraction of sp³-hybridized carbons (Fsp3) is 0.714. The predicted molar refractivity (Wildman–Crippen MR) is 68.0 cm³/mol. The van der Waals surface area contributed by atoms with Crippen molar-refractivity contribution in [2.45, 2.75) is 58.3 Å². The van der Waals surface area contributed by atoms with Crippen LogP contribution in [-0.4, -0.2) is 11.7 Å². The van der Waals surface area contributed by atoms with Crippen molar-refractivity contribution >= 4 is 0 Å². The minimum Gasteiger partial charge on any atom is -0.396 e. The Labute approximate surface area is 94.9 Å². The van der Waals surface area contributed by atoms with E-state index >= 15 is 0 Å². The summed E-state index contributed by atoms with van der Waals surface area (Å²) in [7, 11) is 0. The van der Waals surface area contributed by atoms with E-state index in [2.05, 4.69) is 31.2 Å². The molecule has 0 unspecified atom stereocenters. The molecule has 0 aliphatic carbocycles. The van der Waals surface area contributed by atoms with Gasteiger partial charge in [0.15, 0.2) is 0 Å². The second-order valence-corrected chi connectivity index (χ2v) is 3.91. The van der Waals surface area contributed by atoms with Crippen LogP contribution in [0.4, 0.5) is 0 Å². The molecule has 0 aliphatic heterocycles. The fourth-order valence-corrected chi connectivity index (χ4v) is 1.51. The van der Waals surface area contributed by atoms with E-state index < -0.39 is 0 Å². The van der Waals surface area contributed by atoms with Crippen LogP contribution in [0.25, 0.3) is 0 Å². The highest BCUT2D eigenvalue weighted by Crippen LogP contribution is 2.07. The van der Waals surface area contributed by atoms with E-state index in [9.17, 15) is 0 Å². The summed E-state index contributed by atoms with van der Waals surface area (Å²) in [6.45, 7) is 2.41. The first-order chi connectivity index (χ1) is 7.41. The van der Waals surface area contributed by atoms with Gasteiger partial charge in [-0.3, -0.25) is 0 Å². The molecule has 0 bridgehead atoms. The molecule has 0 aliphatic rings. The average molecular weight is 210 g/mol. The molecule has 0 rings (SSSR count). The van der Waals surface area contributed by atoms with Crippen molar-refractivity contribution < 1.29 is 5.11 Å². The highest BCUT2D eigenvalue weighted by atomic mass is 16.2. The molecular weight excluding hydrogens is 184 g/mol. The highest BCUT2D eigenvalue weighted by molar-refractivity contribution is 4.91. The van der Waals surface area contributed by atoms with Crippen LogP contribution in [0, 0.1) is 0 Å². The third-order valence-corrected chi connectivity index (χ3v) is 2.45. The molecule has 88 valence electrons. The molecule has 0 amide bonds. The Kier molecular flexibility index (Phi) is 12.9. The van der Waals surface area contributed by atoms with Crippen LogP contribution in [0.15, 0.2) is 24.3 Å². The van der Waals surface area contributed by atoms with Crippen LogP contribution in [0.3, 0.4) is 0 Å². The molecule has 1 N–H and O–H groups in total. The minimum absolute atomic E-state index is 0.355. The quantitative estimate of drug-likeness (QED) is 0.422. The van der Waals surface area contributed by atoms with Gasteiger partial charge in [0, 0.05) is 6.61 Å². The maximum Gasteiger partial charge on any atom is 0.0431 e. The number of aliphatic hydroxyl groups is 1. The summed E-state index contributed by atoms with van der Waals surface area (Å²) in [6.07, 6.45) is 18.5. The summed E-state index contributed by atoms with van der Waals surface area (Å²) in [5.41, 5.74) is 0. The lowest BCUT2D eigenvalue weighted by Crippen LogP contribution is -1.83. The van der Waals surface area contributed by atoms with E-state index in [0.29, 0.717) is 6.61 Å². The van der Waals surface area contributed by atoms with Crippen LogP contribution in [0.1, 0.15) is 58.3 Å². The average Bonchev–Trinajstić information content (AvgIpc) is 2.26. The van der Waals surface area contributed by atoms with Crippen molar-refractivity contribution in [2.75, 3.05) is 6.61 Å². The standard InChI is InChI=1S/C14H26O/c1-2-3-4-5-6-7-8-9-10-11-12-13-14-15/h2-3,5-6,15H,4,7-14H2,1H3. The molecule has 0 aromatic rings. The number of hydrogen-bond donors (Lipinski definition) is 1. The van der Waals surface area contributed by atoms with Gasteiger partial charge in [-0.25, -0.2) is 0 Å². The molecule has 0 radical (unpaired) electrons. The van der Waals surface area contributed by atoms with Gasteiger partial charge >= 0.3 is 0 Å². The maximum absolute atomic E-state index is 8.60. The Hall–Kier alpha value is -0.560. The van der Waals surface area contributed by atoms with Gasteiger partial charge in [-0.05, 0) is 32.6 Å². The van der Waals surface area contributed by atoms with E-state index in [1.54, 1.807) is 0 Å². The van der Waals surface area contributed by atoms with Crippen molar-refractivity contribution in [2.24, 2.45) is 0 Å². The Bertz CT molecular complexity index is 159. The van der Waals surface area contributed by atoms with Gasteiger partial charge in [0.05, 0.1) is 0 Å². The Morgan fingerprint density at radius 3 is 2.13 bits per heavy atom. The predicted octanol–water partition coefficient (Wildman–Crippen LogP) is 4.23. The molecule has 1 nitrogen and oxygen atoms in total. The molecule has 15 heavy (non-hydrogen) atoms. The molecule has 0 saturated carbocycles. The molecule has 0 heterocycles. The molecule has 0 aromatic heterocycles. The largest absolute Gasteiger partial charge is 0.396 e. The van der Waals surface area contributed by atoms with Crippen LogP contribution in [0.2, 0.25) is 0 Å². The summed E-state index contributed by atoms with van der Waals surface area (Å²) in [5.74, 6) is 0. The summed E-state index contributed by atoms with van der Waals surface area (Å²) in [6, 6.07) is 0. The van der Waals surface area contributed by atoms with Gasteiger partial charge in [0.1, 0.15) is 0 Å². The number of allylic oxidation sites excluding steroid dienone is 4. The number of unbranched alkanes of at least 4 members (excludes halogenated alkanes) is 6. The molecule has 0 spiro atoms. The second kappa shape index (κ2) is 13.4. The molecule has 0 aromatic carbocycles. The van der Waals surface area contributed by atoms with Crippen LogP contribution in [0.5, 0.6) is 0 Å². The van der Waals surface area contributed by atoms with Gasteiger partial charge in [-0.15, -0.1) is 0 Å². The maximum atomic E-state index is 8.60. The van der Waals surface area contributed by atoms with E-state index in [0.717, 1.165) is 12.8 Å². The topological polar surface area (TPSA) is 20.2 Å². The summed E-state index contributed by atoms with van der Waals surface area (Å²) < 4.78 is 0. The smallest absolute Gasteiger partial charge is 0.0431 e. The fourth-order valence-electron chi connectivity index (χ4n) is 1.51. The first-order valence-electron chi connectivity index (χ1n) is 6.28. The lowest BCUT2D eigenvalue weighted by atomic mass is 10.1. The summed E-state index contributed by atoms with van der Waals surface area (Å²) in [4.78, 5) is 0. The van der Waals surface area contributed by atoms with Gasteiger partial charge in [-0.1, -0.05) is 50.0 Å². The van der Waals surface area contributed by atoms with E-state index in [-0.39, 0.29) is 0 Å². The number of rotatable bonds is 10. The third kappa shape index (κ3) is 13.4. The van der Waals surface area contributed by atoms with E-state index in [1.165, 1.54) is 38.5 Å². The van der Waals surface area contributed by atoms with Crippen LogP contribution >= 0.6 is 0 Å². The minimum atomic E-state index is 0.355. The third-order valence-electron chi connectivity index (χ3n) is 2.45. The highest BCUT2D eigenvalue weighted by Gasteiger charge is 1.89. The normalized spacial score (nSPS) is 11.9. The summed E-state index contributed by atoms with van der Waals surface area (Å²) in [5, 5.41) is 8.60. The Balaban J connectivity index is 3.01. The first-order valence-corrected chi connectivity index (χ1v) is 6.28. The second-order valence-electron chi connectivity index (χ2n) is 3.91. The van der Waals surface area contributed by atoms with Crippen LogP contribution < -0.4 is 0 Å². The monoisotopic (exact) mass is 210 g/mol. The van der Waals surface area contributed by atoms with Gasteiger partial charge < -0.3 is 5.11 Å². The van der Waals surface area contributed by atoms with Crippen LogP contribution in [-0.2, 0) is 0 Å². The zero-order chi connectivity index (χ0) is 11.2. The van der Waals surface area contributed by atoms with Gasteiger partial charge in [0.2, 0.25) is 0 Å². The molecule has 0 atom stereocenters. The lowest BCUT2D eigenvalue weighted by Gasteiger charge is -1.98.